The Balaban J connectivity index is 1.39. The number of aromatic nitrogens is 2. The third-order valence-electron chi connectivity index (χ3n) is 5.85. The summed E-state index contributed by atoms with van der Waals surface area (Å²) in [5.74, 6) is 1.50. The molecule has 1 fully saturated rings. The number of hydrogen-bond donors (Lipinski definition) is 1. The van der Waals surface area contributed by atoms with Crippen LogP contribution >= 0.6 is 11.8 Å². The minimum absolute atomic E-state index is 0.0150. The van der Waals surface area contributed by atoms with E-state index in [0.717, 1.165) is 27.9 Å². The van der Waals surface area contributed by atoms with Crippen molar-refractivity contribution in [3.05, 3.63) is 35.2 Å². The molecule has 1 atom stereocenters. The van der Waals surface area contributed by atoms with E-state index in [1.807, 2.05) is 25.1 Å². The molecule has 1 aliphatic heterocycles. The zero-order chi connectivity index (χ0) is 20.4. The molecule has 1 N–H and O–H groups in total. The molecule has 0 radical (unpaired) electrons. The van der Waals surface area contributed by atoms with Crippen LogP contribution in [0.5, 0.6) is 11.5 Å². The minimum Gasteiger partial charge on any atom is -0.454 e. The lowest BCUT2D eigenvalue weighted by Gasteiger charge is -2.26. The van der Waals surface area contributed by atoms with Crippen LogP contribution in [0.3, 0.4) is 0 Å². The van der Waals surface area contributed by atoms with Crippen LogP contribution in [0.1, 0.15) is 62.0 Å². The van der Waals surface area contributed by atoms with Crippen molar-refractivity contribution >= 4 is 17.7 Å². The molecule has 0 unspecified atom stereocenters. The summed E-state index contributed by atoms with van der Waals surface area (Å²) in [5.41, 5.74) is 3.29. The molecule has 1 aromatic carbocycles. The number of imidazole rings is 1. The maximum Gasteiger partial charge on any atom is 0.233 e. The molecule has 156 valence electrons. The number of thioether (sulfide) groups is 1. The zero-order valence-electron chi connectivity index (χ0n) is 17.4. The number of hydrogen-bond acceptors (Lipinski definition) is 5. The lowest BCUT2D eigenvalue weighted by molar-refractivity contribution is -0.120. The van der Waals surface area contributed by atoms with Crippen LogP contribution < -0.4 is 14.8 Å². The molecule has 6 nitrogen and oxygen atoms in total. The molecular formula is C22H29N3O3S. The van der Waals surface area contributed by atoms with Crippen molar-refractivity contribution in [3.8, 4) is 11.5 Å². The van der Waals surface area contributed by atoms with Gasteiger partial charge in [0, 0.05) is 18.3 Å². The molecule has 4 rings (SSSR count). The summed E-state index contributed by atoms with van der Waals surface area (Å²) in [6.45, 7) is 6.87. The number of benzene rings is 1. The van der Waals surface area contributed by atoms with Crippen molar-refractivity contribution in [1.29, 1.82) is 0 Å². The first-order valence-electron chi connectivity index (χ1n) is 10.4. The van der Waals surface area contributed by atoms with Crippen LogP contribution in [0.25, 0.3) is 0 Å². The predicted molar refractivity (Wildman–Crippen MR) is 114 cm³/mol. The molecule has 7 heteroatoms. The number of nitrogens with zero attached hydrogens (tertiary/aromatic N) is 2. The second kappa shape index (κ2) is 8.69. The van der Waals surface area contributed by atoms with Crippen LogP contribution in [0.2, 0.25) is 0 Å². The van der Waals surface area contributed by atoms with Crippen molar-refractivity contribution in [3.63, 3.8) is 0 Å². The summed E-state index contributed by atoms with van der Waals surface area (Å²) in [4.78, 5) is 17.5. The smallest absolute Gasteiger partial charge is 0.233 e. The third-order valence-corrected chi connectivity index (χ3v) is 6.92. The fraction of sp³-hybridized carbons (Fsp3) is 0.545. The van der Waals surface area contributed by atoms with E-state index in [2.05, 4.69) is 23.7 Å². The van der Waals surface area contributed by atoms with Crippen LogP contribution in [-0.4, -0.2) is 27.5 Å². The first-order valence-corrected chi connectivity index (χ1v) is 11.3. The SMILES string of the molecule is Cc1nc(S[C@@H](C)C(=O)NCc2ccc3c(c2)OCO3)n(C2CCCCC2)c1C. The molecule has 0 bridgehead atoms. The zero-order valence-corrected chi connectivity index (χ0v) is 18.2. The van der Waals surface area contributed by atoms with E-state index in [4.69, 9.17) is 14.5 Å². The molecule has 1 amide bonds. The van der Waals surface area contributed by atoms with E-state index in [1.54, 1.807) is 11.8 Å². The summed E-state index contributed by atoms with van der Waals surface area (Å²) in [6.07, 6.45) is 6.28. The van der Waals surface area contributed by atoms with Crippen LogP contribution in [0.4, 0.5) is 0 Å². The number of carbonyl (C=O) groups excluding carboxylic acids is 1. The van der Waals surface area contributed by atoms with Gasteiger partial charge in [-0.2, -0.15) is 0 Å². The van der Waals surface area contributed by atoms with Gasteiger partial charge in [0.25, 0.3) is 0 Å². The molecule has 0 spiro atoms. The van der Waals surface area contributed by atoms with E-state index in [9.17, 15) is 4.79 Å². The Morgan fingerprint density at radius 1 is 1.24 bits per heavy atom. The maximum absolute atomic E-state index is 12.7. The fourth-order valence-electron chi connectivity index (χ4n) is 4.04. The highest BCUT2D eigenvalue weighted by Crippen LogP contribution is 2.35. The minimum atomic E-state index is -0.215. The van der Waals surface area contributed by atoms with Crippen molar-refractivity contribution in [2.75, 3.05) is 6.79 Å². The molecule has 2 aliphatic rings. The Labute approximate surface area is 176 Å². The highest BCUT2D eigenvalue weighted by molar-refractivity contribution is 8.00. The van der Waals surface area contributed by atoms with Gasteiger partial charge in [0.2, 0.25) is 12.7 Å². The van der Waals surface area contributed by atoms with Gasteiger partial charge in [0.05, 0.1) is 10.9 Å². The summed E-state index contributed by atoms with van der Waals surface area (Å²) in [5, 5.41) is 3.79. The average Bonchev–Trinajstić information content (AvgIpc) is 3.30. The summed E-state index contributed by atoms with van der Waals surface area (Å²) < 4.78 is 13.1. The second-order valence-corrected chi connectivity index (χ2v) is 9.20. The van der Waals surface area contributed by atoms with E-state index in [0.29, 0.717) is 12.6 Å². The van der Waals surface area contributed by atoms with E-state index < -0.39 is 0 Å². The van der Waals surface area contributed by atoms with E-state index >= 15 is 0 Å². The number of carbonyl (C=O) groups is 1. The van der Waals surface area contributed by atoms with Gasteiger partial charge in [-0.15, -0.1) is 0 Å². The lowest BCUT2D eigenvalue weighted by atomic mass is 9.95. The summed E-state index contributed by atoms with van der Waals surface area (Å²) in [7, 11) is 0. The molecule has 1 aromatic heterocycles. The van der Waals surface area contributed by atoms with E-state index in [1.165, 1.54) is 37.8 Å². The highest BCUT2D eigenvalue weighted by Gasteiger charge is 2.25. The maximum atomic E-state index is 12.7. The highest BCUT2D eigenvalue weighted by atomic mass is 32.2. The fourth-order valence-corrected chi connectivity index (χ4v) is 5.14. The predicted octanol–water partition coefficient (Wildman–Crippen LogP) is 4.53. The largest absolute Gasteiger partial charge is 0.454 e. The standard InChI is InChI=1S/C22H29N3O3S/c1-14-15(2)25(18-7-5-4-6-8-18)22(24-14)29-16(3)21(26)23-12-17-9-10-19-20(11-17)28-13-27-19/h9-11,16,18H,4-8,12-13H2,1-3H3,(H,23,26)/t16-/m0/s1. The van der Waals surface area contributed by atoms with Crippen molar-refractivity contribution in [2.24, 2.45) is 0 Å². The summed E-state index contributed by atoms with van der Waals surface area (Å²) >= 11 is 1.56. The van der Waals surface area contributed by atoms with Gasteiger partial charge < -0.3 is 19.4 Å². The topological polar surface area (TPSA) is 65.4 Å². The normalized spacial score (nSPS) is 17.3. The number of rotatable bonds is 6. The molecule has 0 saturated heterocycles. The summed E-state index contributed by atoms with van der Waals surface area (Å²) in [6, 6.07) is 6.27. The second-order valence-electron chi connectivity index (χ2n) is 7.89. The molecule has 29 heavy (non-hydrogen) atoms. The molecule has 2 heterocycles. The van der Waals surface area contributed by atoms with Gasteiger partial charge in [-0.1, -0.05) is 37.1 Å². The Morgan fingerprint density at radius 2 is 2.00 bits per heavy atom. The van der Waals surface area contributed by atoms with E-state index in [-0.39, 0.29) is 18.0 Å². The number of fused-ring (bicyclic) bond motifs is 1. The molecule has 1 saturated carbocycles. The first-order chi connectivity index (χ1) is 14.0. The van der Waals surface area contributed by atoms with Crippen molar-refractivity contribution in [1.82, 2.24) is 14.9 Å². The van der Waals surface area contributed by atoms with Crippen LogP contribution in [0.15, 0.2) is 23.4 Å². The van der Waals surface area contributed by atoms with Gasteiger partial charge in [-0.25, -0.2) is 4.98 Å². The van der Waals surface area contributed by atoms with Crippen LogP contribution in [0, 0.1) is 13.8 Å². The number of nitrogens with one attached hydrogen (secondary N) is 1. The Hall–Kier alpha value is -2.15. The average molecular weight is 416 g/mol. The molecular weight excluding hydrogens is 386 g/mol. The number of ether oxygens (including phenoxy) is 2. The molecule has 2 aromatic rings. The number of aryl methyl sites for hydroxylation is 1. The first kappa shape index (κ1) is 20.1. The molecule has 1 aliphatic carbocycles. The van der Waals surface area contributed by atoms with Gasteiger partial charge in [-0.05, 0) is 51.3 Å². The van der Waals surface area contributed by atoms with Crippen molar-refractivity contribution < 1.29 is 14.3 Å². The lowest BCUT2D eigenvalue weighted by Crippen LogP contribution is -2.30. The van der Waals surface area contributed by atoms with Crippen molar-refractivity contribution in [2.45, 2.75) is 75.9 Å². The third kappa shape index (κ3) is 4.39. The quantitative estimate of drug-likeness (QED) is 0.702. The van der Waals surface area contributed by atoms with Gasteiger partial charge >= 0.3 is 0 Å². The van der Waals surface area contributed by atoms with Gasteiger partial charge in [-0.3, -0.25) is 4.79 Å². The van der Waals surface area contributed by atoms with Gasteiger partial charge in [0.15, 0.2) is 16.7 Å². The Kier molecular flexibility index (Phi) is 6.04. The monoisotopic (exact) mass is 415 g/mol. The van der Waals surface area contributed by atoms with Crippen LogP contribution in [-0.2, 0) is 11.3 Å². The van der Waals surface area contributed by atoms with Gasteiger partial charge in [0.1, 0.15) is 0 Å². The Bertz CT molecular complexity index is 890. The Morgan fingerprint density at radius 3 is 2.79 bits per heavy atom. The number of amides is 1.